The van der Waals surface area contributed by atoms with E-state index in [4.69, 9.17) is 16.7 Å². The summed E-state index contributed by atoms with van der Waals surface area (Å²) in [5.41, 5.74) is 5.56. The molecule has 1 aromatic heterocycles. The minimum Gasteiger partial charge on any atom is -0.352 e. The van der Waals surface area contributed by atoms with Crippen LogP contribution in [0.25, 0.3) is 11.6 Å². The second kappa shape index (κ2) is 12.6. The molecule has 3 rings (SSSR count). The highest BCUT2D eigenvalue weighted by Gasteiger charge is 2.25. The molecule has 1 fully saturated rings. The zero-order valence-electron chi connectivity index (χ0n) is 20.8. The summed E-state index contributed by atoms with van der Waals surface area (Å²) >= 11 is 6.50. The fourth-order valence-electron chi connectivity index (χ4n) is 3.94. The summed E-state index contributed by atoms with van der Waals surface area (Å²) in [7, 11) is 1.80. The highest BCUT2D eigenvalue weighted by molar-refractivity contribution is 6.31. The molecule has 6 heteroatoms. The number of anilines is 2. The van der Waals surface area contributed by atoms with Gasteiger partial charge in [0.1, 0.15) is 12.4 Å². The third kappa shape index (κ3) is 6.14. The lowest BCUT2D eigenvalue weighted by Crippen LogP contribution is -2.25. The molecule has 1 heterocycles. The molecule has 35 heavy (non-hydrogen) atoms. The number of halogens is 2. The second-order valence-corrected chi connectivity index (χ2v) is 8.85. The quantitative estimate of drug-likeness (QED) is 0.258. The molecule has 184 valence electrons. The van der Waals surface area contributed by atoms with Crippen LogP contribution in [0.15, 0.2) is 55.2 Å². The van der Waals surface area contributed by atoms with Gasteiger partial charge in [-0.05, 0) is 57.0 Å². The molecule has 0 amide bonds. The number of benzene rings is 1. The zero-order valence-corrected chi connectivity index (χ0v) is 21.6. The number of nitrogens with zero attached hydrogens (tertiary/aromatic N) is 2. The van der Waals surface area contributed by atoms with E-state index in [2.05, 4.69) is 42.6 Å². The van der Waals surface area contributed by atoms with Crippen LogP contribution in [0.3, 0.4) is 0 Å². The monoisotopic (exact) mass is 492 g/mol. The standard InChI is InChI=1S/C29H34ClFN4/c1-6-11-24(21(7-2)17-16-20-14-15-20)28-29(33-26-13-10-12-25(30)23(26)8-3)27(9-4)35(34-28)22(18-31)19-32-5/h6-7,9-13,20,22,32-33H,2,4,8,14-15,18-19H2,1,3,5H3/b11-6-,24-21-. The number of hydrogen-bond donors (Lipinski definition) is 2. The van der Waals surface area contributed by atoms with Crippen LogP contribution in [-0.4, -0.2) is 30.0 Å². The third-order valence-electron chi connectivity index (χ3n) is 5.91. The van der Waals surface area contributed by atoms with E-state index >= 15 is 0 Å². The van der Waals surface area contributed by atoms with Gasteiger partial charge in [-0.3, -0.25) is 4.68 Å². The smallest absolute Gasteiger partial charge is 0.118 e. The summed E-state index contributed by atoms with van der Waals surface area (Å²) in [6, 6.07) is 5.28. The predicted molar refractivity (Wildman–Crippen MR) is 148 cm³/mol. The van der Waals surface area contributed by atoms with Crippen LogP contribution in [0, 0.1) is 17.8 Å². The van der Waals surface area contributed by atoms with Gasteiger partial charge in [-0.25, -0.2) is 4.39 Å². The minimum atomic E-state index is -0.571. The van der Waals surface area contributed by atoms with E-state index in [9.17, 15) is 4.39 Å². The van der Waals surface area contributed by atoms with Crippen molar-refractivity contribution in [1.82, 2.24) is 15.1 Å². The third-order valence-corrected chi connectivity index (χ3v) is 6.26. The molecule has 4 nitrogen and oxygen atoms in total. The van der Waals surface area contributed by atoms with Gasteiger partial charge in [0.25, 0.3) is 0 Å². The number of nitrogens with one attached hydrogen (secondary N) is 2. The summed E-state index contributed by atoms with van der Waals surface area (Å²) < 4.78 is 15.8. The maximum atomic E-state index is 14.1. The predicted octanol–water partition coefficient (Wildman–Crippen LogP) is 7.14. The minimum absolute atomic E-state index is 0.424. The van der Waals surface area contributed by atoms with Gasteiger partial charge in [-0.15, -0.1) is 0 Å². The molecule has 2 N–H and O–H groups in total. The lowest BCUT2D eigenvalue weighted by Gasteiger charge is -2.17. The Morgan fingerprint density at radius 2 is 2.14 bits per heavy atom. The molecule has 0 bridgehead atoms. The molecule has 1 atom stereocenters. The van der Waals surface area contributed by atoms with Gasteiger partial charge in [-0.2, -0.15) is 5.10 Å². The van der Waals surface area contributed by atoms with Crippen LogP contribution in [-0.2, 0) is 6.42 Å². The molecule has 1 unspecified atom stereocenters. The topological polar surface area (TPSA) is 41.9 Å². The average molecular weight is 493 g/mol. The van der Waals surface area contributed by atoms with Crippen LogP contribution in [0.5, 0.6) is 0 Å². The van der Waals surface area contributed by atoms with Gasteiger partial charge in [0.05, 0.1) is 17.4 Å². The maximum Gasteiger partial charge on any atom is 0.118 e. The Morgan fingerprint density at radius 1 is 1.37 bits per heavy atom. The van der Waals surface area contributed by atoms with Crippen LogP contribution in [0.1, 0.15) is 49.7 Å². The number of aromatic nitrogens is 2. The van der Waals surface area contributed by atoms with Crippen molar-refractivity contribution in [3.8, 4) is 11.8 Å². The molecule has 0 spiro atoms. The first-order valence-corrected chi connectivity index (χ1v) is 12.4. The number of rotatable bonds is 11. The number of alkyl halides is 1. The Morgan fingerprint density at radius 3 is 2.71 bits per heavy atom. The normalized spacial score (nSPS) is 14.8. The SMILES string of the molecule is C=C/C(C#CC1CC1)=C(\C=C/C)c1nn(C(CF)CNC)c(C=C)c1Nc1cccc(Cl)c1CC. The highest BCUT2D eigenvalue weighted by atomic mass is 35.5. The van der Waals surface area contributed by atoms with Gasteiger partial charge < -0.3 is 10.6 Å². The Kier molecular flexibility index (Phi) is 9.54. The summed E-state index contributed by atoms with van der Waals surface area (Å²) in [5.74, 6) is 7.07. The Bertz CT molecular complexity index is 1190. The van der Waals surface area contributed by atoms with Crippen molar-refractivity contribution < 1.29 is 4.39 Å². The molecular formula is C29H34ClFN4. The Hall–Kier alpha value is -3.07. The van der Waals surface area contributed by atoms with Gasteiger partial charge in [-0.1, -0.05) is 67.8 Å². The van der Waals surface area contributed by atoms with E-state index in [1.54, 1.807) is 23.9 Å². The van der Waals surface area contributed by atoms with Crippen LogP contribution in [0.2, 0.25) is 5.02 Å². The zero-order chi connectivity index (χ0) is 25.4. The molecule has 2 aromatic rings. The van der Waals surface area contributed by atoms with Crippen molar-refractivity contribution >= 4 is 34.6 Å². The van der Waals surface area contributed by atoms with Crippen molar-refractivity contribution in [3.05, 3.63) is 77.1 Å². The highest BCUT2D eigenvalue weighted by Crippen LogP contribution is 2.37. The van der Waals surface area contributed by atoms with Crippen molar-refractivity contribution in [2.24, 2.45) is 5.92 Å². The average Bonchev–Trinajstić information content (AvgIpc) is 3.62. The Balaban J connectivity index is 2.30. The molecule has 0 saturated heterocycles. The van der Waals surface area contributed by atoms with Crippen LogP contribution < -0.4 is 10.6 Å². The fourth-order valence-corrected chi connectivity index (χ4v) is 4.25. The molecular weight excluding hydrogens is 459 g/mol. The molecule has 0 aliphatic heterocycles. The van der Waals surface area contributed by atoms with Crippen LogP contribution in [0.4, 0.5) is 15.8 Å². The van der Waals surface area contributed by atoms with Gasteiger partial charge in [0, 0.05) is 34.3 Å². The van der Waals surface area contributed by atoms with Crippen molar-refractivity contribution in [2.75, 3.05) is 25.6 Å². The first-order chi connectivity index (χ1) is 17.0. The first kappa shape index (κ1) is 26.5. The Labute approximate surface area is 213 Å². The maximum absolute atomic E-state index is 14.1. The molecule has 1 aliphatic rings. The van der Waals surface area contributed by atoms with E-state index < -0.39 is 12.7 Å². The van der Waals surface area contributed by atoms with E-state index in [0.717, 1.165) is 47.3 Å². The summed E-state index contributed by atoms with van der Waals surface area (Å²) in [5, 5.41) is 12.2. The van der Waals surface area contributed by atoms with Crippen molar-refractivity contribution in [3.63, 3.8) is 0 Å². The molecule has 1 aromatic carbocycles. The molecule has 1 aliphatic carbocycles. The number of allylic oxidation sites excluding steroid dienone is 5. The lowest BCUT2D eigenvalue weighted by molar-refractivity contribution is 0.327. The first-order valence-electron chi connectivity index (χ1n) is 12.0. The lowest BCUT2D eigenvalue weighted by atomic mass is 10.0. The van der Waals surface area contributed by atoms with Gasteiger partial charge in [0.2, 0.25) is 0 Å². The van der Waals surface area contributed by atoms with Crippen molar-refractivity contribution in [1.29, 1.82) is 0 Å². The van der Waals surface area contributed by atoms with E-state index in [1.807, 2.05) is 37.3 Å². The fraction of sp³-hybridized carbons (Fsp3) is 0.345. The van der Waals surface area contributed by atoms with E-state index in [1.165, 1.54) is 0 Å². The second-order valence-electron chi connectivity index (χ2n) is 8.44. The van der Waals surface area contributed by atoms with E-state index in [0.29, 0.717) is 28.9 Å². The van der Waals surface area contributed by atoms with Gasteiger partial charge in [0.15, 0.2) is 0 Å². The van der Waals surface area contributed by atoms with Gasteiger partial charge >= 0.3 is 0 Å². The number of likely N-dealkylation sites (N-methyl/N-ethyl adjacent to an activating group) is 1. The summed E-state index contributed by atoms with van der Waals surface area (Å²) in [6.45, 7) is 11.9. The largest absolute Gasteiger partial charge is 0.352 e. The van der Waals surface area contributed by atoms with Crippen LogP contribution >= 0.6 is 11.6 Å². The van der Waals surface area contributed by atoms with E-state index in [-0.39, 0.29) is 0 Å². The molecule has 1 saturated carbocycles. The van der Waals surface area contributed by atoms with Crippen molar-refractivity contribution in [2.45, 2.75) is 39.2 Å². The number of hydrogen-bond acceptors (Lipinski definition) is 3. The summed E-state index contributed by atoms with van der Waals surface area (Å²) in [4.78, 5) is 0. The molecule has 0 radical (unpaired) electrons. The summed E-state index contributed by atoms with van der Waals surface area (Å²) in [6.07, 6.45) is 10.4.